The molecule has 0 spiro atoms. The predicted octanol–water partition coefficient (Wildman–Crippen LogP) is 4.43. The minimum Gasteiger partial charge on any atom is -0.481 e. The molecule has 2 unspecified atom stereocenters. The topological polar surface area (TPSA) is 131 Å². The number of nitrogens with one attached hydrogen (secondary N) is 2. The number of halogens is 1. The van der Waals surface area contributed by atoms with Gasteiger partial charge in [0.1, 0.15) is 0 Å². The fourth-order valence-corrected chi connectivity index (χ4v) is 6.21. The van der Waals surface area contributed by atoms with E-state index in [4.69, 9.17) is 17.0 Å². The fourth-order valence-electron chi connectivity index (χ4n) is 5.94. The van der Waals surface area contributed by atoms with E-state index in [2.05, 4.69) is 5.32 Å². The molecule has 4 aliphatic rings. The van der Waals surface area contributed by atoms with Gasteiger partial charge < -0.3 is 25.8 Å². The Morgan fingerprint density at radius 2 is 1.82 bits per heavy atom. The van der Waals surface area contributed by atoms with Crippen molar-refractivity contribution in [1.29, 1.82) is 5.41 Å². The molecular formula is C29H34ClN3O5. The van der Waals surface area contributed by atoms with Crippen LogP contribution in [0.25, 0.3) is 0 Å². The van der Waals surface area contributed by atoms with Crippen LogP contribution in [0.3, 0.4) is 0 Å². The Hall–Kier alpha value is -2.97. The van der Waals surface area contributed by atoms with Gasteiger partial charge in [-0.05, 0) is 87.0 Å². The second kappa shape index (κ2) is 10.3. The number of carbonyl (C=O) groups is 3. The van der Waals surface area contributed by atoms with Crippen LogP contribution in [0.5, 0.6) is 0 Å². The average Bonchev–Trinajstić information content (AvgIpc) is 3.71. The first kappa shape index (κ1) is 26.6. The summed E-state index contributed by atoms with van der Waals surface area (Å²) in [5.74, 6) is -1.69. The van der Waals surface area contributed by atoms with Crippen LogP contribution in [-0.4, -0.2) is 57.3 Å². The number of aliphatic carboxylic acids is 1. The molecule has 5 rings (SSSR count). The lowest BCUT2D eigenvalue weighted by Gasteiger charge is -2.46. The monoisotopic (exact) mass is 539 g/mol. The SMILES string of the molecule is CC1(O)CN(C(=O)C2CCC(C(=N)C3=CCC(C(=O)O)CC3)=C(NC(=O)c3c(Cl)cccc3C3CC3)C2)C1. The number of benzene rings is 1. The van der Waals surface area contributed by atoms with Crippen LogP contribution in [0, 0.1) is 17.2 Å². The fraction of sp³-hybridized carbons (Fsp3) is 0.517. The number of likely N-dealkylation sites (tertiary alicyclic amines) is 1. The molecule has 9 heteroatoms. The van der Waals surface area contributed by atoms with E-state index in [1.807, 2.05) is 18.2 Å². The van der Waals surface area contributed by atoms with E-state index in [1.54, 1.807) is 17.9 Å². The van der Waals surface area contributed by atoms with E-state index >= 15 is 0 Å². The highest BCUT2D eigenvalue weighted by Gasteiger charge is 2.43. The number of nitrogens with zero attached hydrogens (tertiary/aromatic N) is 1. The molecule has 0 aromatic heterocycles. The van der Waals surface area contributed by atoms with Gasteiger partial charge in [0.25, 0.3) is 5.91 Å². The van der Waals surface area contributed by atoms with E-state index in [1.165, 1.54) is 0 Å². The van der Waals surface area contributed by atoms with Crippen molar-refractivity contribution >= 4 is 35.1 Å². The van der Waals surface area contributed by atoms with Crippen LogP contribution in [0.4, 0.5) is 0 Å². The molecule has 2 amide bonds. The highest BCUT2D eigenvalue weighted by molar-refractivity contribution is 6.34. The molecule has 2 fully saturated rings. The summed E-state index contributed by atoms with van der Waals surface area (Å²) in [6.45, 7) is 2.29. The molecular weight excluding hydrogens is 506 g/mol. The maximum absolute atomic E-state index is 13.6. The molecule has 1 heterocycles. The minimum atomic E-state index is -0.866. The number of hydrogen-bond donors (Lipinski definition) is 4. The zero-order valence-electron chi connectivity index (χ0n) is 21.6. The van der Waals surface area contributed by atoms with Crippen LogP contribution in [0.2, 0.25) is 5.02 Å². The number of β-amino-alcohol motifs (C(OH)–C–C–N with tert-alkyl or cyclic N) is 1. The third-order valence-electron chi connectivity index (χ3n) is 8.22. The molecule has 1 saturated carbocycles. The Balaban J connectivity index is 1.42. The van der Waals surface area contributed by atoms with Gasteiger partial charge >= 0.3 is 5.97 Å². The minimum absolute atomic E-state index is 0.0496. The van der Waals surface area contributed by atoms with Crippen molar-refractivity contribution in [3.8, 4) is 0 Å². The first-order chi connectivity index (χ1) is 18.0. The first-order valence-electron chi connectivity index (χ1n) is 13.4. The van der Waals surface area contributed by atoms with Gasteiger partial charge in [0.15, 0.2) is 0 Å². The van der Waals surface area contributed by atoms with Crippen molar-refractivity contribution < 1.29 is 24.6 Å². The summed E-state index contributed by atoms with van der Waals surface area (Å²) in [5.41, 5.74) is 2.84. The molecule has 2 atom stereocenters. The number of rotatable bonds is 7. The smallest absolute Gasteiger partial charge is 0.306 e. The Morgan fingerprint density at radius 3 is 2.42 bits per heavy atom. The maximum Gasteiger partial charge on any atom is 0.306 e. The van der Waals surface area contributed by atoms with Crippen molar-refractivity contribution in [1.82, 2.24) is 10.2 Å². The van der Waals surface area contributed by atoms with Crippen molar-refractivity contribution in [2.45, 2.75) is 69.8 Å². The van der Waals surface area contributed by atoms with E-state index in [0.29, 0.717) is 78.7 Å². The normalized spacial score (nSPS) is 24.8. The lowest BCUT2D eigenvalue weighted by atomic mass is 9.79. The van der Waals surface area contributed by atoms with Crippen LogP contribution in [0.15, 0.2) is 41.1 Å². The summed E-state index contributed by atoms with van der Waals surface area (Å²) < 4.78 is 0. The van der Waals surface area contributed by atoms with E-state index in [-0.39, 0.29) is 24.2 Å². The third kappa shape index (κ3) is 5.43. The second-order valence-electron chi connectivity index (χ2n) is 11.4. The Bertz CT molecular complexity index is 1250. The zero-order valence-corrected chi connectivity index (χ0v) is 22.3. The van der Waals surface area contributed by atoms with Gasteiger partial charge in [-0.1, -0.05) is 29.8 Å². The molecule has 1 aromatic carbocycles. The Kier molecular flexibility index (Phi) is 7.22. The van der Waals surface area contributed by atoms with Gasteiger partial charge in [-0.15, -0.1) is 0 Å². The number of amides is 2. The summed E-state index contributed by atoms with van der Waals surface area (Å²) in [6, 6.07) is 5.49. The van der Waals surface area contributed by atoms with Gasteiger partial charge in [-0.25, -0.2) is 0 Å². The highest BCUT2D eigenvalue weighted by atomic mass is 35.5. The van der Waals surface area contributed by atoms with Crippen LogP contribution < -0.4 is 5.32 Å². The van der Waals surface area contributed by atoms with Gasteiger partial charge in [0, 0.05) is 11.6 Å². The van der Waals surface area contributed by atoms with E-state index < -0.39 is 17.5 Å². The quantitative estimate of drug-likeness (QED) is 0.381. The molecule has 1 aromatic rings. The zero-order chi connectivity index (χ0) is 27.2. The number of carboxylic acid groups (broad SMARTS) is 1. The largest absolute Gasteiger partial charge is 0.481 e. The van der Waals surface area contributed by atoms with Crippen molar-refractivity contribution in [3.05, 3.63) is 57.3 Å². The summed E-state index contributed by atoms with van der Waals surface area (Å²) in [7, 11) is 0. The lowest BCUT2D eigenvalue weighted by Crippen LogP contribution is -2.63. The molecule has 3 aliphatic carbocycles. The average molecular weight is 540 g/mol. The number of aliphatic hydroxyl groups is 1. The Morgan fingerprint density at radius 1 is 1.11 bits per heavy atom. The lowest BCUT2D eigenvalue weighted by molar-refractivity contribution is -0.157. The molecule has 8 nitrogen and oxygen atoms in total. The molecule has 1 aliphatic heterocycles. The van der Waals surface area contributed by atoms with Crippen molar-refractivity contribution in [2.24, 2.45) is 11.8 Å². The van der Waals surface area contributed by atoms with Crippen LogP contribution in [0.1, 0.15) is 80.1 Å². The van der Waals surface area contributed by atoms with E-state index in [9.17, 15) is 24.6 Å². The summed E-state index contributed by atoms with van der Waals surface area (Å²) in [5, 5.41) is 31.8. The first-order valence-corrected chi connectivity index (χ1v) is 13.8. The molecule has 0 radical (unpaired) electrons. The van der Waals surface area contributed by atoms with Gasteiger partial charge in [-0.3, -0.25) is 14.4 Å². The highest BCUT2D eigenvalue weighted by Crippen LogP contribution is 2.43. The van der Waals surface area contributed by atoms with Crippen LogP contribution >= 0.6 is 11.6 Å². The van der Waals surface area contributed by atoms with Gasteiger partial charge in [0.05, 0.1) is 40.9 Å². The maximum atomic E-state index is 13.6. The van der Waals surface area contributed by atoms with Crippen molar-refractivity contribution in [3.63, 3.8) is 0 Å². The summed E-state index contributed by atoms with van der Waals surface area (Å²) in [4.78, 5) is 39.8. The number of hydrogen-bond acceptors (Lipinski definition) is 5. The Labute approximate surface area is 227 Å². The van der Waals surface area contributed by atoms with Crippen molar-refractivity contribution in [2.75, 3.05) is 13.1 Å². The van der Waals surface area contributed by atoms with Gasteiger partial charge in [-0.2, -0.15) is 0 Å². The molecule has 4 N–H and O–H groups in total. The molecule has 1 saturated heterocycles. The summed E-state index contributed by atoms with van der Waals surface area (Å²) >= 11 is 6.49. The molecule has 38 heavy (non-hydrogen) atoms. The second-order valence-corrected chi connectivity index (χ2v) is 11.8. The predicted molar refractivity (Wildman–Crippen MR) is 143 cm³/mol. The van der Waals surface area contributed by atoms with E-state index in [0.717, 1.165) is 24.0 Å². The van der Waals surface area contributed by atoms with Gasteiger partial charge in [0.2, 0.25) is 5.91 Å². The molecule has 202 valence electrons. The van der Waals surface area contributed by atoms with Crippen LogP contribution in [-0.2, 0) is 9.59 Å². The third-order valence-corrected chi connectivity index (χ3v) is 8.53. The number of carbonyl (C=O) groups excluding carboxylic acids is 2. The molecule has 0 bridgehead atoms. The number of carboxylic acids is 1. The summed E-state index contributed by atoms with van der Waals surface area (Å²) in [6.07, 6.45) is 6.47. The number of allylic oxidation sites excluding steroid dienone is 4. The standard InChI is InChI=1S/C29H34ClN3O5/c1-29(38)14-33(15-29)27(35)19-11-12-21(25(31)17-7-9-18(10-8-17)28(36)37)23(13-19)32-26(34)24-20(16-5-6-16)3-2-4-22(24)30/h2-4,7,16,18-19,31,38H,5-6,8-15H2,1H3,(H,32,34)(H,36,37).